The topological polar surface area (TPSA) is 109 Å². The summed E-state index contributed by atoms with van der Waals surface area (Å²) in [5.41, 5.74) is 1.12. The zero-order chi connectivity index (χ0) is 14.3. The number of rotatable bonds is 2. The van der Waals surface area contributed by atoms with Crippen LogP contribution in [-0.2, 0) is 9.47 Å². The second kappa shape index (κ2) is 4.41. The van der Waals surface area contributed by atoms with Gasteiger partial charge in [-0.15, -0.1) is 0 Å². The lowest BCUT2D eigenvalue weighted by Gasteiger charge is -2.20. The third kappa shape index (κ3) is 1.65. The molecule has 2 heterocycles. The lowest BCUT2D eigenvalue weighted by molar-refractivity contribution is 0.0961. The number of carbonyl (C=O) groups excluding carboxylic acids is 1. The molecule has 20 heavy (non-hydrogen) atoms. The van der Waals surface area contributed by atoms with Gasteiger partial charge in [0, 0.05) is 18.1 Å². The van der Waals surface area contributed by atoms with Crippen LogP contribution in [0.15, 0.2) is 28.9 Å². The number of fused-ring (bicyclic) bond motifs is 2. The van der Waals surface area contributed by atoms with E-state index >= 15 is 0 Å². The first-order valence-corrected chi connectivity index (χ1v) is 5.83. The number of aliphatic hydroxyl groups is 1. The van der Waals surface area contributed by atoms with Crippen LogP contribution in [0.3, 0.4) is 0 Å². The quantitative estimate of drug-likeness (QED) is 0.730. The molecular weight excluding hydrogens is 264 g/mol. The summed E-state index contributed by atoms with van der Waals surface area (Å²) in [5, 5.41) is 22.9. The van der Waals surface area contributed by atoms with Gasteiger partial charge in [0.05, 0.1) is 19.9 Å². The number of hydrogen-bond acceptors (Lipinski definition) is 6. The molecule has 8 heteroatoms. The van der Waals surface area contributed by atoms with Gasteiger partial charge in [-0.25, -0.2) is 0 Å². The number of amides is 1. The standard InChI is InChI=1S/C12H12N4O4/c1-19-7-3-5-6(4-8(7)20-2)13-12(18)10-9(11(5)17)14-16-15-10/h4,17H,3H2,1-2H3,(H,13,18)(H,14,15,16). The number of hydrogen-bond donors (Lipinski definition) is 3. The van der Waals surface area contributed by atoms with Gasteiger partial charge < -0.3 is 19.9 Å². The first-order chi connectivity index (χ1) is 9.65. The van der Waals surface area contributed by atoms with Crippen molar-refractivity contribution in [2.45, 2.75) is 6.42 Å². The number of methoxy groups -OCH3 is 2. The number of aromatic amines is 1. The van der Waals surface area contributed by atoms with Crippen molar-refractivity contribution in [3.05, 3.63) is 40.3 Å². The molecular formula is C12H12N4O4. The molecule has 0 saturated carbocycles. The molecule has 0 fully saturated rings. The van der Waals surface area contributed by atoms with Crippen molar-refractivity contribution in [2.24, 2.45) is 0 Å². The van der Waals surface area contributed by atoms with Crippen molar-refractivity contribution in [2.75, 3.05) is 14.2 Å². The monoisotopic (exact) mass is 276 g/mol. The fourth-order valence-electron chi connectivity index (χ4n) is 2.19. The minimum atomic E-state index is -0.446. The van der Waals surface area contributed by atoms with Gasteiger partial charge in [-0.2, -0.15) is 15.4 Å². The van der Waals surface area contributed by atoms with Gasteiger partial charge in [-0.05, 0) is 0 Å². The molecule has 0 aromatic carbocycles. The first-order valence-electron chi connectivity index (χ1n) is 5.83. The highest BCUT2D eigenvalue weighted by atomic mass is 16.5. The number of aromatic nitrogens is 3. The van der Waals surface area contributed by atoms with Gasteiger partial charge >= 0.3 is 0 Å². The Bertz CT molecular complexity index is 683. The van der Waals surface area contributed by atoms with E-state index in [0.717, 1.165) is 0 Å². The summed E-state index contributed by atoms with van der Waals surface area (Å²) >= 11 is 0. The van der Waals surface area contributed by atoms with E-state index in [2.05, 4.69) is 20.7 Å². The molecule has 1 amide bonds. The Hall–Kier alpha value is -2.77. The second-order valence-corrected chi connectivity index (χ2v) is 4.23. The third-order valence-corrected chi connectivity index (χ3v) is 3.20. The molecule has 2 aliphatic rings. The van der Waals surface area contributed by atoms with Gasteiger partial charge in [-0.1, -0.05) is 0 Å². The number of carbonyl (C=O) groups is 1. The summed E-state index contributed by atoms with van der Waals surface area (Å²) in [5.74, 6) is 0.494. The van der Waals surface area contributed by atoms with Crippen LogP contribution >= 0.6 is 0 Å². The number of aliphatic hydroxyl groups excluding tert-OH is 1. The first kappa shape index (κ1) is 12.3. The Morgan fingerprint density at radius 2 is 2.00 bits per heavy atom. The highest BCUT2D eigenvalue weighted by Crippen LogP contribution is 2.34. The van der Waals surface area contributed by atoms with Crippen LogP contribution in [0.5, 0.6) is 0 Å². The van der Waals surface area contributed by atoms with Crippen LogP contribution in [0.2, 0.25) is 0 Å². The largest absolute Gasteiger partial charge is 0.505 e. The fraction of sp³-hybridized carbons (Fsp3) is 0.250. The molecule has 3 rings (SSSR count). The average Bonchev–Trinajstić information content (AvgIpc) is 2.92. The summed E-state index contributed by atoms with van der Waals surface area (Å²) in [6, 6.07) is 0. The Morgan fingerprint density at radius 3 is 2.70 bits per heavy atom. The lowest BCUT2D eigenvalue weighted by Crippen LogP contribution is -2.25. The third-order valence-electron chi connectivity index (χ3n) is 3.20. The molecule has 0 spiro atoms. The van der Waals surface area contributed by atoms with Crippen LogP contribution in [0.25, 0.3) is 5.76 Å². The van der Waals surface area contributed by atoms with E-state index in [9.17, 15) is 9.90 Å². The van der Waals surface area contributed by atoms with Crippen LogP contribution in [0.1, 0.15) is 22.6 Å². The normalized spacial score (nSPS) is 17.9. The number of nitrogens with zero attached hydrogens (tertiary/aromatic N) is 2. The van der Waals surface area contributed by atoms with E-state index in [-0.39, 0.29) is 23.6 Å². The molecule has 104 valence electrons. The minimum absolute atomic E-state index is 0.0447. The number of nitrogens with one attached hydrogen (secondary N) is 2. The molecule has 0 bridgehead atoms. The Labute approximate surface area is 113 Å². The molecule has 1 aliphatic carbocycles. The zero-order valence-corrected chi connectivity index (χ0v) is 10.9. The van der Waals surface area contributed by atoms with Crippen LogP contribution in [0.4, 0.5) is 0 Å². The predicted octanol–water partition coefficient (Wildman–Crippen LogP) is 0.609. The maximum absolute atomic E-state index is 12.0. The molecule has 8 nitrogen and oxygen atoms in total. The lowest BCUT2D eigenvalue weighted by atomic mass is 9.99. The molecule has 0 radical (unpaired) electrons. The second-order valence-electron chi connectivity index (χ2n) is 4.23. The maximum atomic E-state index is 12.0. The SMILES string of the molecule is COC1=C(OC)CC2=C(O)c3n[nH]nc3C(=O)NC2=C1. The summed E-state index contributed by atoms with van der Waals surface area (Å²) in [7, 11) is 3.02. The van der Waals surface area contributed by atoms with Crippen molar-refractivity contribution in [3.63, 3.8) is 0 Å². The molecule has 3 N–H and O–H groups in total. The van der Waals surface area contributed by atoms with Crippen LogP contribution in [-0.4, -0.2) is 40.6 Å². The Kier molecular flexibility index (Phi) is 2.70. The van der Waals surface area contributed by atoms with E-state index in [1.165, 1.54) is 14.2 Å². The van der Waals surface area contributed by atoms with E-state index in [1.807, 2.05) is 0 Å². The summed E-state index contributed by atoms with van der Waals surface area (Å²) in [6.45, 7) is 0. The van der Waals surface area contributed by atoms with E-state index in [4.69, 9.17) is 9.47 Å². The van der Waals surface area contributed by atoms with Gasteiger partial charge in [0.25, 0.3) is 5.91 Å². The molecule has 1 aromatic rings. The number of allylic oxidation sites excluding steroid dienone is 3. The highest BCUT2D eigenvalue weighted by molar-refractivity contribution is 5.99. The van der Waals surface area contributed by atoms with Crippen molar-refractivity contribution in [3.8, 4) is 0 Å². The van der Waals surface area contributed by atoms with Gasteiger partial charge in [0.2, 0.25) is 0 Å². The fourth-order valence-corrected chi connectivity index (χ4v) is 2.19. The van der Waals surface area contributed by atoms with Crippen LogP contribution < -0.4 is 5.32 Å². The number of H-pyrrole nitrogens is 1. The van der Waals surface area contributed by atoms with Crippen LogP contribution in [0, 0.1) is 0 Å². The molecule has 0 unspecified atom stereocenters. The molecule has 0 atom stereocenters. The minimum Gasteiger partial charge on any atom is -0.505 e. The number of ether oxygens (including phenoxy) is 2. The summed E-state index contributed by atoms with van der Waals surface area (Å²) < 4.78 is 10.4. The van der Waals surface area contributed by atoms with Crippen molar-refractivity contribution < 1.29 is 19.4 Å². The predicted molar refractivity (Wildman–Crippen MR) is 67.1 cm³/mol. The molecule has 0 saturated heterocycles. The summed E-state index contributed by atoms with van der Waals surface area (Å²) in [4.78, 5) is 12.0. The maximum Gasteiger partial charge on any atom is 0.278 e. The zero-order valence-electron chi connectivity index (χ0n) is 10.9. The van der Waals surface area contributed by atoms with Crippen molar-refractivity contribution in [1.29, 1.82) is 0 Å². The van der Waals surface area contributed by atoms with Gasteiger partial charge in [0.1, 0.15) is 5.76 Å². The van der Waals surface area contributed by atoms with Crippen molar-refractivity contribution >= 4 is 11.7 Å². The Balaban J connectivity index is 2.17. The van der Waals surface area contributed by atoms with Crippen molar-refractivity contribution in [1.82, 2.24) is 20.7 Å². The van der Waals surface area contributed by atoms with Gasteiger partial charge in [-0.3, -0.25) is 4.79 Å². The highest BCUT2D eigenvalue weighted by Gasteiger charge is 2.32. The van der Waals surface area contributed by atoms with Gasteiger partial charge in [0.15, 0.2) is 22.9 Å². The summed E-state index contributed by atoms with van der Waals surface area (Å²) in [6.07, 6.45) is 1.88. The molecule has 1 aromatic heterocycles. The van der Waals surface area contributed by atoms with E-state index < -0.39 is 5.91 Å². The molecule has 1 aliphatic heterocycles. The Morgan fingerprint density at radius 1 is 1.25 bits per heavy atom. The average molecular weight is 276 g/mol. The van der Waals surface area contributed by atoms with E-state index in [0.29, 0.717) is 22.8 Å². The smallest absolute Gasteiger partial charge is 0.278 e. The van der Waals surface area contributed by atoms with E-state index in [1.54, 1.807) is 6.08 Å².